The molecule has 0 aliphatic rings. The first kappa shape index (κ1) is 18.0. The molecule has 2 aromatic carbocycles. The zero-order chi connectivity index (χ0) is 19.0. The van der Waals surface area contributed by atoms with Crippen LogP contribution in [0.25, 0.3) is 21.3 Å². The average Bonchev–Trinajstić information content (AvgIpc) is 3.08. The van der Waals surface area contributed by atoms with Crippen molar-refractivity contribution in [1.82, 2.24) is 9.97 Å². The summed E-state index contributed by atoms with van der Waals surface area (Å²) in [4.78, 5) is 21.2. The number of benzene rings is 2. The van der Waals surface area contributed by atoms with E-state index in [0.717, 1.165) is 21.5 Å². The van der Waals surface area contributed by atoms with Crippen LogP contribution in [-0.4, -0.2) is 9.97 Å². The lowest BCUT2D eigenvalue weighted by atomic mass is 9.99. The van der Waals surface area contributed by atoms with Crippen LogP contribution in [0.4, 0.5) is 0 Å². The fourth-order valence-electron chi connectivity index (χ4n) is 3.13. The number of nitrogens with one attached hydrogen (secondary N) is 1. The predicted molar refractivity (Wildman–Crippen MR) is 114 cm³/mol. The molecule has 0 amide bonds. The smallest absolute Gasteiger partial charge is 0.260 e. The van der Waals surface area contributed by atoms with Gasteiger partial charge in [-0.2, -0.15) is 0 Å². The van der Waals surface area contributed by atoms with Gasteiger partial charge in [-0.3, -0.25) is 4.79 Å². The zero-order valence-electron chi connectivity index (χ0n) is 15.1. The van der Waals surface area contributed by atoms with Gasteiger partial charge in [0.05, 0.1) is 5.39 Å². The molecular formula is C22H19ClN2OS. The summed E-state index contributed by atoms with van der Waals surface area (Å²) < 4.78 is 0. The van der Waals surface area contributed by atoms with Crippen LogP contribution in [-0.2, 0) is 6.42 Å². The maximum atomic E-state index is 12.8. The summed E-state index contributed by atoms with van der Waals surface area (Å²) >= 11 is 7.44. The van der Waals surface area contributed by atoms with E-state index in [9.17, 15) is 4.79 Å². The molecule has 0 aliphatic carbocycles. The highest BCUT2D eigenvalue weighted by atomic mass is 35.5. The Morgan fingerprint density at radius 2 is 1.78 bits per heavy atom. The van der Waals surface area contributed by atoms with Crippen molar-refractivity contribution in [2.45, 2.75) is 26.2 Å². The standard InChI is InChI=1S/C22H19ClN2OS/c1-13(2)15-5-7-16(8-6-15)18-12-27-22-20(18)21(26)24-19(25-22)11-14-3-9-17(23)10-4-14/h3-10,12-13H,11H2,1-2H3,(H,24,25,26). The van der Waals surface area contributed by atoms with Crippen molar-refractivity contribution in [2.24, 2.45) is 0 Å². The van der Waals surface area contributed by atoms with Gasteiger partial charge in [0.1, 0.15) is 10.7 Å². The number of aromatic nitrogens is 2. The molecule has 0 fully saturated rings. The summed E-state index contributed by atoms with van der Waals surface area (Å²) in [7, 11) is 0. The monoisotopic (exact) mass is 394 g/mol. The van der Waals surface area contributed by atoms with Gasteiger partial charge in [-0.25, -0.2) is 4.98 Å². The molecule has 2 heterocycles. The topological polar surface area (TPSA) is 45.8 Å². The van der Waals surface area contributed by atoms with Gasteiger partial charge >= 0.3 is 0 Å². The van der Waals surface area contributed by atoms with E-state index in [4.69, 9.17) is 11.6 Å². The van der Waals surface area contributed by atoms with Crippen LogP contribution in [0.5, 0.6) is 0 Å². The molecular weight excluding hydrogens is 376 g/mol. The molecule has 1 N–H and O–H groups in total. The third-order valence-electron chi connectivity index (χ3n) is 4.67. The molecule has 4 rings (SSSR count). The molecule has 0 saturated heterocycles. The number of nitrogens with zero attached hydrogens (tertiary/aromatic N) is 1. The summed E-state index contributed by atoms with van der Waals surface area (Å²) in [6, 6.07) is 16.0. The van der Waals surface area contributed by atoms with Gasteiger partial charge < -0.3 is 4.98 Å². The van der Waals surface area contributed by atoms with Gasteiger partial charge in [-0.1, -0.05) is 61.8 Å². The van der Waals surface area contributed by atoms with Crippen LogP contribution in [0, 0.1) is 0 Å². The lowest BCUT2D eigenvalue weighted by molar-refractivity contribution is 0.867. The Kier molecular flexibility index (Phi) is 4.85. The quantitative estimate of drug-likeness (QED) is 0.460. The number of hydrogen-bond donors (Lipinski definition) is 1. The molecule has 5 heteroatoms. The van der Waals surface area contributed by atoms with E-state index >= 15 is 0 Å². The molecule has 2 aromatic heterocycles. The highest BCUT2D eigenvalue weighted by Crippen LogP contribution is 2.31. The second-order valence-electron chi connectivity index (χ2n) is 6.92. The molecule has 0 saturated carbocycles. The minimum Gasteiger partial charge on any atom is -0.310 e. The van der Waals surface area contributed by atoms with E-state index in [2.05, 4.69) is 48.1 Å². The van der Waals surface area contributed by atoms with Crippen LogP contribution >= 0.6 is 22.9 Å². The third kappa shape index (κ3) is 3.68. The minimum atomic E-state index is -0.0897. The summed E-state index contributed by atoms with van der Waals surface area (Å²) in [6.07, 6.45) is 0.568. The van der Waals surface area contributed by atoms with Crippen molar-refractivity contribution in [2.75, 3.05) is 0 Å². The Balaban J connectivity index is 1.71. The van der Waals surface area contributed by atoms with Gasteiger partial charge in [0.25, 0.3) is 5.56 Å². The van der Waals surface area contributed by atoms with Crippen LogP contribution in [0.3, 0.4) is 0 Å². The molecule has 0 spiro atoms. The third-order valence-corrected chi connectivity index (χ3v) is 5.79. The van der Waals surface area contributed by atoms with Crippen molar-refractivity contribution in [1.29, 1.82) is 0 Å². The maximum Gasteiger partial charge on any atom is 0.260 e. The number of aromatic amines is 1. The van der Waals surface area contributed by atoms with Crippen molar-refractivity contribution in [3.63, 3.8) is 0 Å². The predicted octanol–water partition coefficient (Wildman–Crippen LogP) is 6.02. The SMILES string of the molecule is CC(C)c1ccc(-c2csc3nc(Cc4ccc(Cl)cc4)[nH]c(=O)c23)cc1. The van der Waals surface area contributed by atoms with E-state index in [1.54, 1.807) is 0 Å². The highest BCUT2D eigenvalue weighted by Gasteiger charge is 2.13. The Hall–Kier alpha value is -2.43. The summed E-state index contributed by atoms with van der Waals surface area (Å²) in [6.45, 7) is 4.34. The van der Waals surface area contributed by atoms with E-state index in [-0.39, 0.29) is 5.56 Å². The number of rotatable bonds is 4. The highest BCUT2D eigenvalue weighted by molar-refractivity contribution is 7.17. The van der Waals surface area contributed by atoms with Gasteiger partial charge in [-0.05, 0) is 34.7 Å². The fraction of sp³-hybridized carbons (Fsp3) is 0.182. The summed E-state index contributed by atoms with van der Waals surface area (Å²) in [5.74, 6) is 1.15. The molecule has 0 radical (unpaired) electrons. The number of fused-ring (bicyclic) bond motifs is 1. The molecule has 3 nitrogen and oxygen atoms in total. The van der Waals surface area contributed by atoms with Gasteiger partial charge in [0.15, 0.2) is 0 Å². The zero-order valence-corrected chi connectivity index (χ0v) is 16.7. The van der Waals surface area contributed by atoms with Gasteiger partial charge in [0, 0.05) is 22.4 Å². The van der Waals surface area contributed by atoms with Gasteiger partial charge in [0.2, 0.25) is 0 Å². The summed E-state index contributed by atoms with van der Waals surface area (Å²) in [5.41, 5.74) is 4.24. The maximum absolute atomic E-state index is 12.8. The summed E-state index contributed by atoms with van der Waals surface area (Å²) in [5, 5.41) is 3.38. The Bertz CT molecular complexity index is 1140. The lowest BCUT2D eigenvalue weighted by Crippen LogP contribution is -2.11. The van der Waals surface area contributed by atoms with Gasteiger partial charge in [-0.15, -0.1) is 11.3 Å². The van der Waals surface area contributed by atoms with E-state index < -0.39 is 0 Å². The first-order valence-corrected chi connectivity index (χ1v) is 10.1. The van der Waals surface area contributed by atoms with E-state index in [1.165, 1.54) is 16.9 Å². The average molecular weight is 395 g/mol. The molecule has 4 aromatic rings. The number of halogens is 1. The van der Waals surface area contributed by atoms with E-state index in [1.807, 2.05) is 29.6 Å². The molecule has 136 valence electrons. The largest absolute Gasteiger partial charge is 0.310 e. The lowest BCUT2D eigenvalue weighted by Gasteiger charge is -2.06. The van der Waals surface area contributed by atoms with Crippen LogP contribution in [0.15, 0.2) is 58.7 Å². The molecule has 27 heavy (non-hydrogen) atoms. The van der Waals surface area contributed by atoms with Crippen LogP contribution < -0.4 is 5.56 Å². The Morgan fingerprint density at radius 3 is 2.44 bits per heavy atom. The molecule has 0 atom stereocenters. The number of thiophene rings is 1. The van der Waals surface area contributed by atoms with Crippen molar-refractivity contribution < 1.29 is 0 Å². The second kappa shape index (κ2) is 7.29. The normalized spacial score (nSPS) is 11.4. The number of H-pyrrole nitrogens is 1. The van der Waals surface area contributed by atoms with Crippen LogP contribution in [0.2, 0.25) is 5.02 Å². The molecule has 0 aliphatic heterocycles. The second-order valence-corrected chi connectivity index (χ2v) is 8.22. The number of hydrogen-bond acceptors (Lipinski definition) is 3. The Labute approximate surface area is 166 Å². The minimum absolute atomic E-state index is 0.0897. The first-order chi connectivity index (χ1) is 13.0. The van der Waals surface area contributed by atoms with Crippen molar-refractivity contribution in [3.8, 4) is 11.1 Å². The van der Waals surface area contributed by atoms with Crippen LogP contribution in [0.1, 0.15) is 36.7 Å². The Morgan fingerprint density at radius 1 is 1.07 bits per heavy atom. The van der Waals surface area contributed by atoms with Crippen molar-refractivity contribution >= 4 is 33.2 Å². The van der Waals surface area contributed by atoms with E-state index in [0.29, 0.717) is 28.6 Å². The van der Waals surface area contributed by atoms with Crippen molar-refractivity contribution in [3.05, 3.63) is 86.2 Å². The molecule has 0 unspecified atom stereocenters. The molecule has 0 bridgehead atoms. The first-order valence-electron chi connectivity index (χ1n) is 8.86. The fourth-order valence-corrected chi connectivity index (χ4v) is 4.23.